The van der Waals surface area contributed by atoms with E-state index in [4.69, 9.17) is 9.47 Å². The lowest BCUT2D eigenvalue weighted by atomic mass is 10.2. The summed E-state index contributed by atoms with van der Waals surface area (Å²) in [7, 11) is 5.14. The first-order valence-corrected chi connectivity index (χ1v) is 9.74. The Kier molecular flexibility index (Phi) is 12.6. The zero-order chi connectivity index (χ0) is 20.2. The molecule has 164 valence electrons. The third kappa shape index (κ3) is 10.1. The van der Waals surface area contributed by atoms with E-state index in [0.717, 1.165) is 57.1 Å². The van der Waals surface area contributed by atoms with Gasteiger partial charge in [-0.1, -0.05) is 12.1 Å². The first-order chi connectivity index (χ1) is 13.6. The first-order valence-electron chi connectivity index (χ1n) is 9.74. The SMILES string of the molecule is COc1ccc(CN=C(NCCCN2CCOCC2)NCC(=O)N(C)C)cc1.I. The quantitative estimate of drug-likeness (QED) is 0.221. The maximum absolute atomic E-state index is 11.9. The molecule has 1 aliphatic heterocycles. The van der Waals surface area contributed by atoms with Gasteiger partial charge in [-0.3, -0.25) is 9.69 Å². The fourth-order valence-corrected chi connectivity index (χ4v) is 2.73. The molecule has 0 aliphatic carbocycles. The minimum absolute atomic E-state index is 0. The van der Waals surface area contributed by atoms with E-state index in [9.17, 15) is 4.79 Å². The second-order valence-electron chi connectivity index (χ2n) is 6.89. The molecule has 0 unspecified atom stereocenters. The fourth-order valence-electron chi connectivity index (χ4n) is 2.73. The number of morpholine rings is 1. The maximum Gasteiger partial charge on any atom is 0.241 e. The summed E-state index contributed by atoms with van der Waals surface area (Å²) in [5.41, 5.74) is 1.08. The Bertz CT molecular complexity index is 619. The van der Waals surface area contributed by atoms with Crippen molar-refractivity contribution in [3.63, 3.8) is 0 Å². The number of rotatable bonds is 9. The number of hydrogen-bond donors (Lipinski definition) is 2. The van der Waals surface area contributed by atoms with E-state index in [1.807, 2.05) is 24.3 Å². The summed E-state index contributed by atoms with van der Waals surface area (Å²) < 4.78 is 10.6. The number of carbonyl (C=O) groups is 1. The highest BCUT2D eigenvalue weighted by molar-refractivity contribution is 14.0. The number of nitrogens with zero attached hydrogens (tertiary/aromatic N) is 3. The molecule has 2 rings (SSSR count). The monoisotopic (exact) mass is 519 g/mol. The number of carbonyl (C=O) groups excluding carboxylic acids is 1. The molecule has 0 saturated carbocycles. The largest absolute Gasteiger partial charge is 0.497 e. The molecule has 1 heterocycles. The van der Waals surface area contributed by atoms with Crippen LogP contribution in [0.2, 0.25) is 0 Å². The molecule has 0 bridgehead atoms. The molecule has 29 heavy (non-hydrogen) atoms. The molecule has 0 aromatic heterocycles. The maximum atomic E-state index is 11.9. The highest BCUT2D eigenvalue weighted by atomic mass is 127. The summed E-state index contributed by atoms with van der Waals surface area (Å²) in [5, 5.41) is 6.45. The van der Waals surface area contributed by atoms with E-state index in [1.54, 1.807) is 26.1 Å². The molecule has 1 aromatic carbocycles. The number of amides is 1. The number of guanidine groups is 1. The summed E-state index contributed by atoms with van der Waals surface area (Å²) in [4.78, 5) is 20.5. The van der Waals surface area contributed by atoms with Gasteiger partial charge in [0, 0.05) is 33.7 Å². The molecular weight excluding hydrogens is 485 g/mol. The zero-order valence-electron chi connectivity index (χ0n) is 17.6. The molecule has 0 spiro atoms. The van der Waals surface area contributed by atoms with E-state index in [1.165, 1.54) is 0 Å². The summed E-state index contributed by atoms with van der Waals surface area (Å²) >= 11 is 0. The van der Waals surface area contributed by atoms with Crippen molar-refractivity contribution < 1.29 is 14.3 Å². The Labute approximate surface area is 191 Å². The van der Waals surface area contributed by atoms with Crippen molar-refractivity contribution in [2.45, 2.75) is 13.0 Å². The van der Waals surface area contributed by atoms with Crippen LogP contribution >= 0.6 is 24.0 Å². The summed E-state index contributed by atoms with van der Waals surface area (Å²) in [6.07, 6.45) is 1.00. The van der Waals surface area contributed by atoms with Crippen LogP contribution in [0.1, 0.15) is 12.0 Å². The highest BCUT2D eigenvalue weighted by Crippen LogP contribution is 2.11. The molecule has 1 aromatic rings. The van der Waals surface area contributed by atoms with Gasteiger partial charge in [0.1, 0.15) is 5.75 Å². The average molecular weight is 519 g/mol. The molecule has 1 aliphatic rings. The van der Waals surface area contributed by atoms with Crippen LogP contribution in [-0.4, -0.2) is 88.8 Å². The van der Waals surface area contributed by atoms with Gasteiger partial charge in [0.25, 0.3) is 0 Å². The van der Waals surface area contributed by atoms with E-state index in [-0.39, 0.29) is 36.4 Å². The third-order valence-electron chi connectivity index (χ3n) is 4.53. The molecular formula is C20H34IN5O3. The Hall–Kier alpha value is -1.59. The summed E-state index contributed by atoms with van der Waals surface area (Å²) in [6, 6.07) is 7.82. The minimum Gasteiger partial charge on any atom is -0.497 e. The van der Waals surface area contributed by atoms with Crippen molar-refractivity contribution in [3.05, 3.63) is 29.8 Å². The van der Waals surface area contributed by atoms with Gasteiger partial charge >= 0.3 is 0 Å². The Morgan fingerprint density at radius 3 is 2.52 bits per heavy atom. The van der Waals surface area contributed by atoms with E-state index in [2.05, 4.69) is 20.5 Å². The van der Waals surface area contributed by atoms with Crippen LogP contribution in [0.4, 0.5) is 0 Å². The van der Waals surface area contributed by atoms with Crippen LogP contribution < -0.4 is 15.4 Å². The molecule has 0 atom stereocenters. The molecule has 9 heteroatoms. The Balaban J connectivity index is 0.00000420. The van der Waals surface area contributed by atoms with Gasteiger partial charge < -0.3 is 25.0 Å². The number of methoxy groups -OCH3 is 1. The molecule has 1 amide bonds. The minimum atomic E-state index is 0. The van der Waals surface area contributed by atoms with Gasteiger partial charge in [0.05, 0.1) is 33.4 Å². The lowest BCUT2D eigenvalue weighted by molar-refractivity contribution is -0.127. The van der Waals surface area contributed by atoms with Crippen molar-refractivity contribution in [1.29, 1.82) is 0 Å². The van der Waals surface area contributed by atoms with Crippen molar-refractivity contribution in [2.24, 2.45) is 4.99 Å². The fraction of sp³-hybridized carbons (Fsp3) is 0.600. The van der Waals surface area contributed by atoms with Crippen molar-refractivity contribution in [1.82, 2.24) is 20.4 Å². The number of nitrogens with one attached hydrogen (secondary N) is 2. The number of likely N-dealkylation sites (N-methyl/N-ethyl adjacent to an activating group) is 1. The molecule has 2 N–H and O–H groups in total. The summed E-state index contributed by atoms with van der Waals surface area (Å²) in [5.74, 6) is 1.48. The van der Waals surface area contributed by atoms with Crippen molar-refractivity contribution in [3.8, 4) is 5.75 Å². The Morgan fingerprint density at radius 2 is 1.90 bits per heavy atom. The zero-order valence-corrected chi connectivity index (χ0v) is 20.0. The van der Waals surface area contributed by atoms with Crippen LogP contribution in [0.15, 0.2) is 29.3 Å². The normalized spacial score (nSPS) is 14.7. The molecule has 1 fully saturated rings. The number of aliphatic imine (C=N–C) groups is 1. The molecule has 8 nitrogen and oxygen atoms in total. The third-order valence-corrected chi connectivity index (χ3v) is 4.53. The molecule has 1 saturated heterocycles. The number of ether oxygens (including phenoxy) is 2. The van der Waals surface area contributed by atoms with Gasteiger partial charge in [0.2, 0.25) is 5.91 Å². The van der Waals surface area contributed by atoms with Gasteiger partial charge in [-0.2, -0.15) is 0 Å². The van der Waals surface area contributed by atoms with Gasteiger partial charge in [-0.05, 0) is 30.7 Å². The smallest absolute Gasteiger partial charge is 0.241 e. The predicted octanol–water partition coefficient (Wildman–Crippen LogP) is 1.16. The van der Waals surface area contributed by atoms with Crippen molar-refractivity contribution in [2.75, 3.05) is 67.1 Å². The van der Waals surface area contributed by atoms with Gasteiger partial charge in [0.15, 0.2) is 5.96 Å². The second-order valence-corrected chi connectivity index (χ2v) is 6.89. The lowest BCUT2D eigenvalue weighted by Gasteiger charge is -2.26. The van der Waals surface area contributed by atoms with E-state index >= 15 is 0 Å². The lowest BCUT2D eigenvalue weighted by Crippen LogP contribution is -2.44. The standard InChI is InChI=1S/C20H33N5O3.HI/c1-24(2)19(26)16-23-20(21-9-4-10-25-11-13-28-14-12-25)22-15-17-5-7-18(27-3)8-6-17;/h5-8H,4,9-16H2,1-3H3,(H2,21,22,23);1H. The van der Waals surface area contributed by atoms with Crippen LogP contribution in [0.5, 0.6) is 5.75 Å². The second kappa shape index (κ2) is 14.4. The number of hydrogen-bond acceptors (Lipinski definition) is 5. The average Bonchev–Trinajstić information content (AvgIpc) is 2.73. The number of benzene rings is 1. The van der Waals surface area contributed by atoms with E-state index < -0.39 is 0 Å². The number of halogens is 1. The van der Waals surface area contributed by atoms with Gasteiger partial charge in [-0.15, -0.1) is 24.0 Å². The highest BCUT2D eigenvalue weighted by Gasteiger charge is 2.10. The van der Waals surface area contributed by atoms with Crippen LogP contribution in [0.3, 0.4) is 0 Å². The van der Waals surface area contributed by atoms with Crippen LogP contribution in [0, 0.1) is 0 Å². The Morgan fingerprint density at radius 1 is 1.21 bits per heavy atom. The molecule has 0 radical (unpaired) electrons. The van der Waals surface area contributed by atoms with E-state index in [0.29, 0.717) is 12.5 Å². The first kappa shape index (κ1) is 25.4. The van der Waals surface area contributed by atoms with Crippen LogP contribution in [0.25, 0.3) is 0 Å². The van der Waals surface area contributed by atoms with Crippen molar-refractivity contribution >= 4 is 35.8 Å². The van der Waals surface area contributed by atoms with Gasteiger partial charge in [-0.25, -0.2) is 4.99 Å². The summed E-state index contributed by atoms with van der Waals surface area (Å²) in [6.45, 7) is 6.18. The topological polar surface area (TPSA) is 78.4 Å². The van der Waals surface area contributed by atoms with Crippen LogP contribution in [-0.2, 0) is 16.1 Å². The predicted molar refractivity (Wildman–Crippen MR) is 126 cm³/mol.